The molecule has 0 bridgehead atoms. The Balaban J connectivity index is 2.13. The second-order valence-corrected chi connectivity index (χ2v) is 4.23. The number of amides is 2. The van der Waals surface area contributed by atoms with Gasteiger partial charge in [0, 0.05) is 31.1 Å². The number of aliphatic hydroxyl groups is 1. The smallest absolute Gasteiger partial charge is 0.271 e. The molecule has 0 spiro atoms. The summed E-state index contributed by atoms with van der Waals surface area (Å²) in [5.41, 5.74) is 1.50. The lowest BCUT2D eigenvalue weighted by molar-refractivity contribution is -0.130. The van der Waals surface area contributed by atoms with Crippen LogP contribution in [-0.4, -0.2) is 34.7 Å². The molecule has 0 aliphatic carbocycles. The SMILES string of the molecule is CN1N=C(C(=O)Nc2ccccc2CO)CCC1=O. The standard InChI is InChI=1S/C13H15N3O3/c1-16-12(18)7-6-11(15-16)13(19)14-10-5-3-2-4-9(10)8-17/h2-5,17H,6-8H2,1H3,(H,14,19). The maximum Gasteiger partial charge on any atom is 0.271 e. The highest BCUT2D eigenvalue weighted by Crippen LogP contribution is 2.16. The molecular formula is C13H15N3O3. The van der Waals surface area contributed by atoms with Crippen molar-refractivity contribution in [1.82, 2.24) is 5.01 Å². The number of rotatable bonds is 3. The first-order valence-electron chi connectivity index (χ1n) is 5.96. The molecule has 6 nitrogen and oxygen atoms in total. The molecule has 100 valence electrons. The Morgan fingerprint density at radius 3 is 2.84 bits per heavy atom. The summed E-state index contributed by atoms with van der Waals surface area (Å²) in [6, 6.07) is 6.99. The van der Waals surface area contributed by atoms with Gasteiger partial charge in [-0.2, -0.15) is 5.10 Å². The Morgan fingerprint density at radius 2 is 2.16 bits per heavy atom. The Kier molecular flexibility index (Phi) is 3.91. The van der Waals surface area contributed by atoms with Crippen molar-refractivity contribution in [1.29, 1.82) is 0 Å². The van der Waals surface area contributed by atoms with E-state index in [-0.39, 0.29) is 24.8 Å². The Hall–Kier alpha value is -2.21. The van der Waals surface area contributed by atoms with Gasteiger partial charge in [0.25, 0.3) is 5.91 Å². The van der Waals surface area contributed by atoms with Gasteiger partial charge in [-0.3, -0.25) is 9.59 Å². The number of anilines is 1. The van der Waals surface area contributed by atoms with E-state index in [1.807, 2.05) is 0 Å². The lowest BCUT2D eigenvalue weighted by Crippen LogP contribution is -2.34. The second-order valence-electron chi connectivity index (χ2n) is 4.23. The fraction of sp³-hybridized carbons (Fsp3) is 0.308. The summed E-state index contributed by atoms with van der Waals surface area (Å²) in [6.07, 6.45) is 0.612. The molecule has 0 saturated carbocycles. The molecule has 0 atom stereocenters. The lowest BCUT2D eigenvalue weighted by Gasteiger charge is -2.19. The molecule has 1 heterocycles. The van der Waals surface area contributed by atoms with Crippen molar-refractivity contribution >= 4 is 23.2 Å². The number of carbonyl (C=O) groups is 2. The van der Waals surface area contributed by atoms with Crippen molar-refractivity contribution in [2.24, 2.45) is 5.10 Å². The topological polar surface area (TPSA) is 82.0 Å². The van der Waals surface area contributed by atoms with E-state index in [9.17, 15) is 14.7 Å². The first-order chi connectivity index (χ1) is 9.11. The minimum Gasteiger partial charge on any atom is -0.392 e. The molecule has 0 unspecified atom stereocenters. The molecule has 0 saturated heterocycles. The number of hydrazone groups is 1. The van der Waals surface area contributed by atoms with Crippen molar-refractivity contribution < 1.29 is 14.7 Å². The van der Waals surface area contributed by atoms with Crippen LogP contribution < -0.4 is 5.32 Å². The molecule has 1 aromatic rings. The summed E-state index contributed by atoms with van der Waals surface area (Å²) in [4.78, 5) is 23.3. The predicted octanol–water partition coefficient (Wildman–Crippen LogP) is 0.726. The third kappa shape index (κ3) is 2.97. The lowest BCUT2D eigenvalue weighted by atomic mass is 10.1. The van der Waals surface area contributed by atoms with E-state index in [2.05, 4.69) is 10.4 Å². The van der Waals surface area contributed by atoms with Crippen LogP contribution in [0.3, 0.4) is 0 Å². The number of para-hydroxylation sites is 1. The molecule has 19 heavy (non-hydrogen) atoms. The number of hydrogen-bond acceptors (Lipinski definition) is 4. The zero-order chi connectivity index (χ0) is 13.8. The van der Waals surface area contributed by atoms with Crippen LogP contribution in [0.25, 0.3) is 0 Å². The summed E-state index contributed by atoms with van der Waals surface area (Å²) in [5.74, 6) is -0.451. The molecule has 0 aromatic heterocycles. The van der Waals surface area contributed by atoms with Gasteiger partial charge in [0.1, 0.15) is 5.71 Å². The van der Waals surface area contributed by atoms with Crippen LogP contribution in [0.4, 0.5) is 5.69 Å². The molecule has 2 N–H and O–H groups in total. The van der Waals surface area contributed by atoms with Gasteiger partial charge in [0.05, 0.1) is 6.61 Å². The van der Waals surface area contributed by atoms with E-state index in [0.29, 0.717) is 23.4 Å². The molecule has 1 aromatic carbocycles. The average Bonchev–Trinajstić information content (AvgIpc) is 2.42. The highest BCUT2D eigenvalue weighted by molar-refractivity contribution is 6.43. The number of nitrogens with one attached hydrogen (secondary N) is 1. The van der Waals surface area contributed by atoms with Gasteiger partial charge >= 0.3 is 0 Å². The van der Waals surface area contributed by atoms with Crippen LogP contribution in [0.1, 0.15) is 18.4 Å². The highest BCUT2D eigenvalue weighted by atomic mass is 16.3. The fourth-order valence-electron chi connectivity index (χ4n) is 1.81. The van der Waals surface area contributed by atoms with Crippen LogP contribution in [0.2, 0.25) is 0 Å². The number of nitrogens with zero attached hydrogens (tertiary/aromatic N) is 2. The van der Waals surface area contributed by atoms with Crippen molar-refractivity contribution in [2.45, 2.75) is 19.4 Å². The van der Waals surface area contributed by atoms with Gasteiger partial charge in [-0.1, -0.05) is 18.2 Å². The Morgan fingerprint density at radius 1 is 1.42 bits per heavy atom. The van der Waals surface area contributed by atoms with E-state index in [1.54, 1.807) is 24.3 Å². The Labute approximate surface area is 110 Å². The summed E-state index contributed by atoms with van der Waals surface area (Å²) in [6.45, 7) is -0.151. The largest absolute Gasteiger partial charge is 0.392 e. The van der Waals surface area contributed by atoms with Gasteiger partial charge in [0.15, 0.2) is 0 Å². The molecule has 2 amide bonds. The molecule has 2 rings (SSSR count). The van der Waals surface area contributed by atoms with E-state index < -0.39 is 0 Å². The van der Waals surface area contributed by atoms with Crippen LogP contribution in [0.15, 0.2) is 29.4 Å². The normalized spacial score (nSPS) is 15.2. The van der Waals surface area contributed by atoms with Crippen LogP contribution in [0.5, 0.6) is 0 Å². The molecule has 1 aliphatic heterocycles. The molecule has 1 aliphatic rings. The van der Waals surface area contributed by atoms with Crippen molar-refractivity contribution in [3.8, 4) is 0 Å². The quantitative estimate of drug-likeness (QED) is 0.841. The number of hydrogen-bond donors (Lipinski definition) is 2. The molecule has 6 heteroatoms. The summed E-state index contributed by atoms with van der Waals surface area (Å²) < 4.78 is 0. The molecule has 0 radical (unpaired) electrons. The first-order valence-corrected chi connectivity index (χ1v) is 5.96. The van der Waals surface area contributed by atoms with E-state index in [0.717, 1.165) is 0 Å². The van der Waals surface area contributed by atoms with Gasteiger partial charge in [-0.05, 0) is 6.07 Å². The van der Waals surface area contributed by atoms with Crippen molar-refractivity contribution in [3.05, 3.63) is 29.8 Å². The predicted molar refractivity (Wildman–Crippen MR) is 70.4 cm³/mol. The monoisotopic (exact) mass is 261 g/mol. The highest BCUT2D eigenvalue weighted by Gasteiger charge is 2.22. The maximum atomic E-state index is 12.0. The minimum absolute atomic E-state index is 0.104. The second kappa shape index (κ2) is 5.62. The maximum absolute atomic E-state index is 12.0. The summed E-state index contributed by atoms with van der Waals surface area (Å²) in [7, 11) is 1.52. The van der Waals surface area contributed by atoms with Crippen molar-refractivity contribution in [2.75, 3.05) is 12.4 Å². The van der Waals surface area contributed by atoms with Crippen LogP contribution in [-0.2, 0) is 16.2 Å². The average molecular weight is 261 g/mol. The zero-order valence-electron chi connectivity index (χ0n) is 10.6. The first kappa shape index (κ1) is 13.2. The number of carbonyl (C=O) groups excluding carboxylic acids is 2. The van der Waals surface area contributed by atoms with E-state index >= 15 is 0 Å². The number of aliphatic hydroxyl groups excluding tert-OH is 1. The van der Waals surface area contributed by atoms with Gasteiger partial charge in [-0.25, -0.2) is 5.01 Å². The van der Waals surface area contributed by atoms with Crippen LogP contribution >= 0.6 is 0 Å². The Bertz CT molecular complexity index is 540. The fourth-order valence-corrected chi connectivity index (χ4v) is 1.81. The third-order valence-electron chi connectivity index (χ3n) is 2.91. The van der Waals surface area contributed by atoms with Gasteiger partial charge in [0.2, 0.25) is 5.91 Å². The van der Waals surface area contributed by atoms with Gasteiger partial charge in [-0.15, -0.1) is 0 Å². The number of benzene rings is 1. The molecular weight excluding hydrogens is 246 g/mol. The molecule has 0 fully saturated rings. The zero-order valence-corrected chi connectivity index (χ0v) is 10.6. The summed E-state index contributed by atoms with van der Waals surface area (Å²) in [5, 5.41) is 17.0. The van der Waals surface area contributed by atoms with E-state index in [4.69, 9.17) is 0 Å². The van der Waals surface area contributed by atoms with E-state index in [1.165, 1.54) is 12.1 Å². The van der Waals surface area contributed by atoms with Gasteiger partial charge < -0.3 is 10.4 Å². The minimum atomic E-state index is -0.347. The van der Waals surface area contributed by atoms with Crippen LogP contribution in [0, 0.1) is 0 Å². The van der Waals surface area contributed by atoms with Crippen molar-refractivity contribution in [3.63, 3.8) is 0 Å². The summed E-state index contributed by atoms with van der Waals surface area (Å²) >= 11 is 0. The third-order valence-corrected chi connectivity index (χ3v) is 2.91.